The predicted molar refractivity (Wildman–Crippen MR) is 119 cm³/mol. The fraction of sp³-hybridized carbons (Fsp3) is 0.474. The van der Waals surface area contributed by atoms with E-state index in [1.165, 1.54) is 6.33 Å². The van der Waals surface area contributed by atoms with Crippen LogP contribution in [-0.2, 0) is 20.4 Å². The number of pyridine rings is 1. The molecule has 4 heterocycles. The largest absolute Gasteiger partial charge is 0.381 e. The highest BCUT2D eigenvalue weighted by Crippen LogP contribution is 2.33. The van der Waals surface area contributed by atoms with E-state index in [0.29, 0.717) is 49.1 Å². The first-order valence-corrected chi connectivity index (χ1v) is 12.0. The van der Waals surface area contributed by atoms with Gasteiger partial charge in [-0.25, -0.2) is 23.5 Å². The number of aryl methyl sites for hydroxylation is 1. The molecule has 1 saturated heterocycles. The number of fused-ring (bicyclic) bond motifs is 2. The first-order valence-electron chi connectivity index (χ1n) is 10.0. The lowest BCUT2D eigenvalue weighted by atomic mass is 10.0. The molecule has 32 heavy (non-hydrogen) atoms. The van der Waals surface area contributed by atoms with E-state index in [-0.39, 0.29) is 11.5 Å². The molecule has 1 fully saturated rings. The molecule has 0 aliphatic carbocycles. The van der Waals surface area contributed by atoms with Gasteiger partial charge in [-0.15, -0.1) is 0 Å². The highest BCUT2D eigenvalue weighted by molar-refractivity contribution is 7.88. The Bertz CT molecular complexity index is 1170. The minimum Gasteiger partial charge on any atom is -0.381 e. The van der Waals surface area contributed by atoms with Crippen molar-refractivity contribution in [1.82, 2.24) is 19.9 Å². The van der Waals surface area contributed by atoms with Crippen molar-refractivity contribution >= 4 is 33.3 Å². The number of ether oxygens (including phenoxy) is 1. The standard InChI is InChI=1S/C18H22N6O3.CH5NO2S/c1-3-19-13-9-14(21-10-20-13)22-12-8-11(2)15-16(25)23-18(24(15)17(12)26)4-6-27-7-5-18;1-5(2,3)4/h8-10H,3-7H2,1-2H3,(H,23,25)(H2,19,20,21,22);1H3,(H2,2,3,4). The van der Waals surface area contributed by atoms with Crippen LogP contribution in [0.2, 0.25) is 0 Å². The predicted octanol–water partition coefficient (Wildman–Crippen LogP) is 0.233. The fourth-order valence-corrected chi connectivity index (χ4v) is 3.75. The van der Waals surface area contributed by atoms with Gasteiger partial charge in [0.1, 0.15) is 35.0 Å². The molecule has 2 aliphatic rings. The van der Waals surface area contributed by atoms with Crippen LogP contribution in [0.5, 0.6) is 0 Å². The van der Waals surface area contributed by atoms with E-state index in [1.54, 1.807) is 16.7 Å². The molecular formula is C19H27N7O5S. The number of amides is 1. The molecule has 2 aromatic rings. The summed E-state index contributed by atoms with van der Waals surface area (Å²) in [5, 5.41) is 13.5. The van der Waals surface area contributed by atoms with Crippen LogP contribution in [0.3, 0.4) is 0 Å². The van der Waals surface area contributed by atoms with Gasteiger partial charge in [0.25, 0.3) is 11.5 Å². The molecule has 0 aromatic carbocycles. The number of anilines is 3. The highest BCUT2D eigenvalue weighted by atomic mass is 32.2. The third-order valence-corrected chi connectivity index (χ3v) is 4.99. The van der Waals surface area contributed by atoms with E-state index >= 15 is 0 Å². The lowest BCUT2D eigenvalue weighted by molar-refractivity contribution is 0.0120. The van der Waals surface area contributed by atoms with Crippen LogP contribution in [0.25, 0.3) is 0 Å². The molecule has 0 saturated carbocycles. The molecule has 4 rings (SSSR count). The first-order chi connectivity index (χ1) is 15.0. The van der Waals surface area contributed by atoms with Crippen molar-refractivity contribution in [2.75, 3.05) is 36.6 Å². The summed E-state index contributed by atoms with van der Waals surface area (Å²) in [6, 6.07) is 3.44. The molecule has 1 spiro atoms. The Morgan fingerprint density at radius 3 is 2.47 bits per heavy atom. The second kappa shape index (κ2) is 9.22. The maximum absolute atomic E-state index is 13.3. The van der Waals surface area contributed by atoms with Crippen molar-refractivity contribution in [3.8, 4) is 0 Å². The number of rotatable bonds is 4. The molecule has 0 unspecified atom stereocenters. The van der Waals surface area contributed by atoms with Crippen molar-refractivity contribution in [3.63, 3.8) is 0 Å². The van der Waals surface area contributed by atoms with E-state index in [9.17, 15) is 18.0 Å². The van der Waals surface area contributed by atoms with Gasteiger partial charge in [-0.2, -0.15) is 0 Å². The normalized spacial score (nSPS) is 16.6. The minimum atomic E-state index is -3.17. The van der Waals surface area contributed by atoms with Gasteiger partial charge in [-0.1, -0.05) is 0 Å². The van der Waals surface area contributed by atoms with E-state index in [0.717, 1.165) is 18.4 Å². The Morgan fingerprint density at radius 2 is 1.84 bits per heavy atom. The summed E-state index contributed by atoms with van der Waals surface area (Å²) in [4.78, 5) is 34.1. The quantitative estimate of drug-likeness (QED) is 0.493. The van der Waals surface area contributed by atoms with Gasteiger partial charge in [0.15, 0.2) is 0 Å². The maximum atomic E-state index is 13.3. The van der Waals surface area contributed by atoms with Crippen LogP contribution in [0.15, 0.2) is 23.3 Å². The number of carbonyl (C=O) groups is 1. The zero-order valence-electron chi connectivity index (χ0n) is 18.1. The van der Waals surface area contributed by atoms with Gasteiger partial charge < -0.3 is 20.7 Å². The summed E-state index contributed by atoms with van der Waals surface area (Å²) < 4.78 is 25.9. The van der Waals surface area contributed by atoms with E-state index < -0.39 is 15.7 Å². The average Bonchev–Trinajstić information content (AvgIpc) is 2.98. The molecule has 0 atom stereocenters. The van der Waals surface area contributed by atoms with Crippen LogP contribution in [0.4, 0.5) is 17.3 Å². The second-order valence-electron chi connectivity index (χ2n) is 7.60. The van der Waals surface area contributed by atoms with Crippen molar-refractivity contribution in [2.24, 2.45) is 5.14 Å². The summed E-state index contributed by atoms with van der Waals surface area (Å²) >= 11 is 0. The summed E-state index contributed by atoms with van der Waals surface area (Å²) in [5.41, 5.74) is 0.562. The van der Waals surface area contributed by atoms with Crippen molar-refractivity contribution in [3.05, 3.63) is 40.1 Å². The number of nitrogens with zero attached hydrogens (tertiary/aromatic N) is 3. The van der Waals surface area contributed by atoms with Crippen LogP contribution >= 0.6 is 0 Å². The Balaban J connectivity index is 0.000000523. The number of nitrogens with two attached hydrogens (primary N) is 1. The van der Waals surface area contributed by atoms with Crippen LogP contribution in [-0.4, -0.2) is 54.9 Å². The molecule has 0 bridgehead atoms. The first kappa shape index (κ1) is 23.6. The molecule has 1 amide bonds. The lowest BCUT2D eigenvalue weighted by Gasteiger charge is -2.35. The molecule has 0 radical (unpaired) electrons. The highest BCUT2D eigenvalue weighted by Gasteiger charge is 2.45. The Morgan fingerprint density at radius 1 is 1.22 bits per heavy atom. The number of primary sulfonamides is 1. The Hall–Kier alpha value is -3.03. The number of sulfonamides is 1. The number of aromatic nitrogens is 3. The van der Waals surface area contributed by atoms with Gasteiger partial charge in [0, 0.05) is 25.5 Å². The number of carbonyl (C=O) groups excluding carboxylic acids is 1. The summed E-state index contributed by atoms with van der Waals surface area (Å²) in [6.07, 6.45) is 3.50. The molecule has 5 N–H and O–H groups in total. The van der Waals surface area contributed by atoms with Crippen molar-refractivity contribution in [1.29, 1.82) is 0 Å². The summed E-state index contributed by atoms with van der Waals surface area (Å²) in [5.74, 6) is 0.969. The SMILES string of the molecule is CCNc1cc(Nc2cc(C)c3n(c2=O)C2(CCOCC2)NC3=O)ncn1.CS(N)(=O)=O. The number of hydrogen-bond donors (Lipinski definition) is 4. The molecule has 2 aromatic heterocycles. The topological polar surface area (TPSA) is 170 Å². The van der Waals surface area contributed by atoms with Crippen molar-refractivity contribution < 1.29 is 17.9 Å². The summed E-state index contributed by atoms with van der Waals surface area (Å²) in [7, 11) is -3.17. The molecule has 174 valence electrons. The fourth-order valence-electron chi connectivity index (χ4n) is 3.75. The van der Waals surface area contributed by atoms with E-state index in [4.69, 9.17) is 4.74 Å². The lowest BCUT2D eigenvalue weighted by Crippen LogP contribution is -2.51. The smallest absolute Gasteiger partial charge is 0.276 e. The Labute approximate surface area is 185 Å². The van der Waals surface area contributed by atoms with E-state index in [1.807, 2.05) is 13.8 Å². The third-order valence-electron chi connectivity index (χ3n) is 4.99. The number of hydrogen-bond acceptors (Lipinski definition) is 9. The molecule has 13 heteroatoms. The summed E-state index contributed by atoms with van der Waals surface area (Å²) in [6.45, 7) is 5.54. The van der Waals surface area contributed by atoms with Gasteiger partial charge in [-0.05, 0) is 25.5 Å². The van der Waals surface area contributed by atoms with Crippen LogP contribution in [0, 0.1) is 6.92 Å². The molecule has 2 aliphatic heterocycles. The van der Waals surface area contributed by atoms with Gasteiger partial charge in [-0.3, -0.25) is 14.2 Å². The second-order valence-corrected chi connectivity index (χ2v) is 9.26. The van der Waals surface area contributed by atoms with Gasteiger partial charge in [0.2, 0.25) is 10.0 Å². The zero-order chi connectivity index (χ0) is 23.5. The van der Waals surface area contributed by atoms with Gasteiger partial charge in [0.05, 0.1) is 19.5 Å². The Kier molecular flexibility index (Phi) is 6.81. The maximum Gasteiger partial charge on any atom is 0.276 e. The average molecular weight is 466 g/mol. The van der Waals surface area contributed by atoms with Gasteiger partial charge >= 0.3 is 0 Å². The van der Waals surface area contributed by atoms with Crippen molar-refractivity contribution in [2.45, 2.75) is 32.4 Å². The van der Waals surface area contributed by atoms with E-state index in [2.05, 4.69) is 31.1 Å². The zero-order valence-corrected chi connectivity index (χ0v) is 19.0. The monoisotopic (exact) mass is 465 g/mol. The van der Waals surface area contributed by atoms with Crippen LogP contribution in [0.1, 0.15) is 35.8 Å². The third kappa shape index (κ3) is 5.23. The molecular weight excluding hydrogens is 438 g/mol. The number of nitrogens with one attached hydrogen (secondary N) is 3. The van der Waals surface area contributed by atoms with Crippen LogP contribution < -0.4 is 26.6 Å². The molecule has 12 nitrogen and oxygen atoms in total. The minimum absolute atomic E-state index is 0.213.